The summed E-state index contributed by atoms with van der Waals surface area (Å²) >= 11 is 1.53. The van der Waals surface area contributed by atoms with E-state index in [-0.39, 0.29) is 24.0 Å². The van der Waals surface area contributed by atoms with E-state index in [1.54, 1.807) is 19.1 Å². The van der Waals surface area contributed by atoms with Crippen molar-refractivity contribution in [3.05, 3.63) is 111 Å². The summed E-state index contributed by atoms with van der Waals surface area (Å²) in [6.45, 7) is 3.58. The highest BCUT2D eigenvalue weighted by atomic mass is 32.1. The van der Waals surface area contributed by atoms with Gasteiger partial charge in [0.1, 0.15) is 17.3 Å². The highest BCUT2D eigenvalue weighted by Gasteiger charge is 2.18. The van der Waals surface area contributed by atoms with Gasteiger partial charge in [-0.3, -0.25) is 14.6 Å². The highest BCUT2D eigenvalue weighted by Crippen LogP contribution is 2.27. The van der Waals surface area contributed by atoms with Crippen molar-refractivity contribution >= 4 is 23.1 Å². The molecule has 0 unspecified atom stereocenters. The van der Waals surface area contributed by atoms with E-state index in [4.69, 9.17) is 4.74 Å². The fourth-order valence-electron chi connectivity index (χ4n) is 3.91. The fourth-order valence-corrected chi connectivity index (χ4v) is 4.59. The third-order valence-electron chi connectivity index (χ3n) is 5.74. The van der Waals surface area contributed by atoms with Gasteiger partial charge in [0.05, 0.1) is 10.6 Å². The molecule has 186 valence electrons. The summed E-state index contributed by atoms with van der Waals surface area (Å²) in [6, 6.07) is 22.9. The van der Waals surface area contributed by atoms with E-state index >= 15 is 0 Å². The maximum absolute atomic E-state index is 13.1. The minimum Gasteiger partial charge on any atom is -0.484 e. The first kappa shape index (κ1) is 24.2. The van der Waals surface area contributed by atoms with E-state index < -0.39 is 0 Å². The van der Waals surface area contributed by atoms with Crippen LogP contribution in [0.5, 0.6) is 5.75 Å². The number of anilines is 1. The first-order valence-electron chi connectivity index (χ1n) is 11.7. The lowest BCUT2D eigenvalue weighted by Crippen LogP contribution is -2.24. The topological polar surface area (TPSA) is 102 Å². The van der Waals surface area contributed by atoms with Crippen LogP contribution in [-0.4, -0.2) is 32.3 Å². The van der Waals surface area contributed by atoms with Crippen LogP contribution < -0.4 is 15.6 Å². The van der Waals surface area contributed by atoms with E-state index in [0.717, 1.165) is 16.0 Å². The first-order chi connectivity index (χ1) is 18.0. The summed E-state index contributed by atoms with van der Waals surface area (Å²) in [7, 11) is 0. The second-order valence-corrected chi connectivity index (χ2v) is 9.52. The van der Waals surface area contributed by atoms with E-state index in [0.29, 0.717) is 34.9 Å². The molecule has 0 aliphatic carbocycles. The number of amides is 1. The van der Waals surface area contributed by atoms with Crippen LogP contribution in [0.25, 0.3) is 16.5 Å². The number of nitrogens with one attached hydrogen (secondary N) is 2. The van der Waals surface area contributed by atoms with Gasteiger partial charge in [0.2, 0.25) is 5.95 Å². The minimum absolute atomic E-state index is 0.179. The molecule has 0 fully saturated rings. The lowest BCUT2D eigenvalue weighted by Gasteiger charge is -2.11. The van der Waals surface area contributed by atoms with Crippen molar-refractivity contribution in [2.24, 2.45) is 0 Å². The average Bonchev–Trinajstić information content (AvgIpc) is 3.56. The van der Waals surface area contributed by atoms with E-state index in [1.165, 1.54) is 16.0 Å². The summed E-state index contributed by atoms with van der Waals surface area (Å²) in [5.41, 5.74) is 3.63. The fraction of sp³-hybridized carbons (Fsp3) is 0.143. The minimum atomic E-state index is -0.361. The van der Waals surface area contributed by atoms with Crippen molar-refractivity contribution in [1.29, 1.82) is 0 Å². The Morgan fingerprint density at radius 3 is 2.62 bits per heavy atom. The van der Waals surface area contributed by atoms with Gasteiger partial charge in [-0.1, -0.05) is 48.5 Å². The Morgan fingerprint density at radius 2 is 1.89 bits per heavy atom. The van der Waals surface area contributed by atoms with Crippen molar-refractivity contribution in [2.75, 3.05) is 11.9 Å². The molecule has 0 aliphatic rings. The number of aromatic amines is 1. The Morgan fingerprint density at radius 1 is 1.05 bits per heavy atom. The zero-order valence-electron chi connectivity index (χ0n) is 20.4. The number of rotatable bonds is 8. The quantitative estimate of drug-likeness (QED) is 0.308. The van der Waals surface area contributed by atoms with Crippen LogP contribution >= 0.6 is 11.3 Å². The highest BCUT2D eigenvalue weighted by molar-refractivity contribution is 7.13. The molecule has 37 heavy (non-hydrogen) atoms. The summed E-state index contributed by atoms with van der Waals surface area (Å²) in [6.07, 6.45) is 0.467. The van der Waals surface area contributed by atoms with Crippen LogP contribution in [0.3, 0.4) is 0 Å². The van der Waals surface area contributed by atoms with Crippen molar-refractivity contribution in [2.45, 2.75) is 20.3 Å². The van der Waals surface area contributed by atoms with Crippen LogP contribution in [0.1, 0.15) is 22.4 Å². The molecule has 5 rings (SSSR count). The summed E-state index contributed by atoms with van der Waals surface area (Å²) in [5.74, 6) is 0.843. The molecule has 0 saturated heterocycles. The maximum Gasteiger partial charge on any atom is 0.263 e. The van der Waals surface area contributed by atoms with Crippen LogP contribution in [0.2, 0.25) is 0 Å². The number of nitrogens with zero attached hydrogens (tertiary/aromatic N) is 3. The van der Waals surface area contributed by atoms with Gasteiger partial charge in [0.25, 0.3) is 11.5 Å². The van der Waals surface area contributed by atoms with Crippen LogP contribution in [0.4, 0.5) is 5.82 Å². The Bertz CT molecular complexity index is 1590. The monoisotopic (exact) mass is 511 g/mol. The third-order valence-corrected chi connectivity index (χ3v) is 6.64. The lowest BCUT2D eigenvalue weighted by atomic mass is 10.1. The van der Waals surface area contributed by atoms with E-state index in [1.807, 2.05) is 73.0 Å². The van der Waals surface area contributed by atoms with Gasteiger partial charge in [-0.25, -0.2) is 4.98 Å². The molecule has 9 heteroatoms. The summed E-state index contributed by atoms with van der Waals surface area (Å²) < 4.78 is 7.09. The van der Waals surface area contributed by atoms with E-state index in [9.17, 15) is 9.59 Å². The average molecular weight is 512 g/mol. The predicted molar refractivity (Wildman–Crippen MR) is 145 cm³/mol. The van der Waals surface area contributed by atoms with Gasteiger partial charge in [0.15, 0.2) is 6.61 Å². The molecule has 8 nitrogen and oxygen atoms in total. The zero-order valence-corrected chi connectivity index (χ0v) is 21.2. The molecule has 0 radical (unpaired) electrons. The molecule has 1 amide bonds. The standard InChI is InChI=1S/C28H25N5O3S/c1-18-8-6-11-21(14-18)36-17-26(34)30-25-16-23(24-12-7-13-37-24)32-33(25)28-29-19(2)22(27(35)31-28)15-20-9-4-3-5-10-20/h3-14,16H,15,17H2,1-2H3,(H,30,34)(H,29,31,35). The third kappa shape index (κ3) is 5.68. The smallest absolute Gasteiger partial charge is 0.263 e. The number of aryl methyl sites for hydroxylation is 2. The molecule has 3 aromatic heterocycles. The molecule has 2 aromatic carbocycles. The molecular formula is C28H25N5O3S. The molecular weight excluding hydrogens is 486 g/mol. The SMILES string of the molecule is Cc1cccc(OCC(=O)Nc2cc(-c3cccs3)nn2-c2nc(C)c(Cc3ccccc3)c(=O)[nH]2)c1. The molecule has 0 spiro atoms. The lowest BCUT2D eigenvalue weighted by molar-refractivity contribution is -0.118. The number of thiophene rings is 1. The number of hydrogen-bond acceptors (Lipinski definition) is 6. The first-order valence-corrected chi connectivity index (χ1v) is 12.6. The van der Waals surface area contributed by atoms with Gasteiger partial charge in [-0.2, -0.15) is 9.78 Å². The van der Waals surface area contributed by atoms with Gasteiger partial charge in [-0.05, 0) is 48.6 Å². The normalized spacial score (nSPS) is 10.9. The maximum atomic E-state index is 13.1. The Hall–Kier alpha value is -4.50. The van der Waals surface area contributed by atoms with Crippen LogP contribution in [0, 0.1) is 13.8 Å². The Kier molecular flexibility index (Phi) is 6.96. The van der Waals surface area contributed by atoms with Gasteiger partial charge >= 0.3 is 0 Å². The van der Waals surface area contributed by atoms with Gasteiger partial charge in [-0.15, -0.1) is 11.3 Å². The Balaban J connectivity index is 1.43. The molecule has 5 aromatic rings. The predicted octanol–water partition coefficient (Wildman–Crippen LogP) is 4.91. The van der Waals surface area contributed by atoms with Crippen LogP contribution in [-0.2, 0) is 11.2 Å². The molecule has 3 heterocycles. The zero-order chi connectivity index (χ0) is 25.8. The summed E-state index contributed by atoms with van der Waals surface area (Å²) in [4.78, 5) is 34.2. The molecule has 0 bridgehead atoms. The van der Waals surface area contributed by atoms with E-state index in [2.05, 4.69) is 20.4 Å². The van der Waals surface area contributed by atoms with Crippen molar-refractivity contribution in [3.63, 3.8) is 0 Å². The number of carbonyl (C=O) groups excluding carboxylic acids is 1. The number of ether oxygens (including phenoxy) is 1. The number of carbonyl (C=O) groups is 1. The number of H-pyrrole nitrogens is 1. The van der Waals surface area contributed by atoms with Crippen molar-refractivity contribution in [1.82, 2.24) is 19.7 Å². The van der Waals surface area contributed by atoms with Gasteiger partial charge < -0.3 is 10.1 Å². The second-order valence-electron chi connectivity index (χ2n) is 8.57. The molecule has 0 atom stereocenters. The summed E-state index contributed by atoms with van der Waals surface area (Å²) in [5, 5.41) is 9.44. The van der Waals surface area contributed by atoms with Crippen LogP contribution in [0.15, 0.2) is 83.0 Å². The van der Waals surface area contributed by atoms with Crippen molar-refractivity contribution < 1.29 is 9.53 Å². The molecule has 0 saturated carbocycles. The second kappa shape index (κ2) is 10.6. The van der Waals surface area contributed by atoms with Crippen molar-refractivity contribution in [3.8, 4) is 22.3 Å². The van der Waals surface area contributed by atoms with Gasteiger partial charge in [0, 0.05) is 18.1 Å². The number of hydrogen-bond donors (Lipinski definition) is 2. The largest absolute Gasteiger partial charge is 0.484 e. The number of aromatic nitrogens is 4. The molecule has 0 aliphatic heterocycles. The Labute approximate surface area is 217 Å². The number of benzene rings is 2. The molecule has 2 N–H and O–H groups in total.